The third kappa shape index (κ3) is 3.29. The van der Waals surface area contributed by atoms with Crippen LogP contribution in [-0.2, 0) is 7.05 Å². The lowest BCUT2D eigenvalue weighted by Crippen LogP contribution is -2.27. The summed E-state index contributed by atoms with van der Waals surface area (Å²) in [6.45, 7) is 3.54. The Balaban J connectivity index is 1.79. The van der Waals surface area contributed by atoms with Crippen LogP contribution in [0.5, 0.6) is 0 Å². The molecule has 1 aliphatic rings. The minimum atomic E-state index is -0.452. The molecule has 1 aliphatic heterocycles. The number of nitrogens with zero attached hydrogens (tertiary/aromatic N) is 5. The number of fused-ring (bicyclic) bond motifs is 1. The second-order valence-corrected chi connectivity index (χ2v) is 8.36. The van der Waals surface area contributed by atoms with E-state index in [-0.39, 0.29) is 11.6 Å². The molecule has 0 amide bonds. The molecule has 1 atom stereocenters. The van der Waals surface area contributed by atoms with Crippen LogP contribution >= 0.6 is 0 Å². The summed E-state index contributed by atoms with van der Waals surface area (Å²) in [5.74, 6) is 0.336. The molecule has 2 N–H and O–H groups in total. The van der Waals surface area contributed by atoms with Crippen molar-refractivity contribution in [3.8, 4) is 28.6 Å². The Bertz CT molecular complexity index is 1380. The number of nitrogens with two attached hydrogens (primary N) is 1. The van der Waals surface area contributed by atoms with E-state index in [4.69, 9.17) is 10.7 Å². The van der Waals surface area contributed by atoms with Gasteiger partial charge in [0, 0.05) is 44.1 Å². The van der Waals surface area contributed by atoms with Crippen molar-refractivity contribution in [1.82, 2.24) is 14.5 Å². The summed E-state index contributed by atoms with van der Waals surface area (Å²) in [5.41, 5.74) is 12.8. The molecule has 1 fully saturated rings. The molecule has 0 unspecified atom stereocenters. The number of para-hydroxylation sites is 1. The normalized spacial score (nSPS) is 16.0. The van der Waals surface area contributed by atoms with Crippen LogP contribution in [-0.4, -0.2) is 33.7 Å². The van der Waals surface area contributed by atoms with Crippen LogP contribution in [0, 0.1) is 24.1 Å². The molecule has 2 aromatic carbocycles. The molecule has 0 spiro atoms. The number of hydrogen-bond acceptors (Lipinski definition) is 5. The van der Waals surface area contributed by atoms with Gasteiger partial charge in [-0.05, 0) is 48.7 Å². The van der Waals surface area contributed by atoms with Crippen LogP contribution in [0.1, 0.15) is 17.5 Å². The first-order chi connectivity index (χ1) is 15.5. The Morgan fingerprint density at radius 3 is 2.72 bits per heavy atom. The van der Waals surface area contributed by atoms with Gasteiger partial charge in [0.1, 0.15) is 11.6 Å². The molecule has 3 heterocycles. The van der Waals surface area contributed by atoms with Gasteiger partial charge in [-0.15, -0.1) is 0 Å². The first-order valence-electron chi connectivity index (χ1n) is 10.6. The summed E-state index contributed by atoms with van der Waals surface area (Å²) in [7, 11) is 2.00. The molecule has 1 saturated heterocycles. The lowest BCUT2D eigenvalue weighted by Gasteiger charge is -2.25. The van der Waals surface area contributed by atoms with E-state index in [2.05, 4.69) is 27.4 Å². The Morgan fingerprint density at radius 2 is 2.00 bits per heavy atom. The number of rotatable bonds is 3. The number of imidazole rings is 1. The molecule has 0 aliphatic carbocycles. The molecule has 0 saturated carbocycles. The number of aromatic nitrogens is 3. The number of pyridine rings is 1. The van der Waals surface area contributed by atoms with Gasteiger partial charge in [0.2, 0.25) is 0 Å². The molecule has 160 valence electrons. The van der Waals surface area contributed by atoms with Gasteiger partial charge in [0.15, 0.2) is 0 Å². The smallest absolute Gasteiger partial charge is 0.144 e. The largest absolute Gasteiger partial charge is 0.369 e. The lowest BCUT2D eigenvalue weighted by molar-refractivity contribution is 0.628. The topological polar surface area (TPSA) is 83.8 Å². The summed E-state index contributed by atoms with van der Waals surface area (Å²) in [6.07, 6.45) is 4.41. The molecule has 0 radical (unpaired) electrons. The van der Waals surface area contributed by atoms with Crippen LogP contribution in [0.15, 0.2) is 48.8 Å². The van der Waals surface area contributed by atoms with Crippen molar-refractivity contribution in [2.75, 3.05) is 18.0 Å². The van der Waals surface area contributed by atoms with Gasteiger partial charge in [0.25, 0.3) is 0 Å². The first-order valence-corrected chi connectivity index (χ1v) is 10.6. The van der Waals surface area contributed by atoms with Gasteiger partial charge in [-0.25, -0.2) is 9.37 Å². The van der Waals surface area contributed by atoms with Crippen molar-refractivity contribution in [2.45, 2.75) is 19.4 Å². The molecular formula is C25H23FN6. The highest BCUT2D eigenvalue weighted by Crippen LogP contribution is 2.41. The Kier molecular flexibility index (Phi) is 4.87. The summed E-state index contributed by atoms with van der Waals surface area (Å²) < 4.78 is 16.4. The van der Waals surface area contributed by atoms with Crippen molar-refractivity contribution in [1.29, 1.82) is 5.26 Å². The van der Waals surface area contributed by atoms with Crippen LogP contribution < -0.4 is 10.6 Å². The third-order valence-electron chi connectivity index (χ3n) is 6.13. The number of halogens is 1. The number of benzene rings is 2. The van der Waals surface area contributed by atoms with E-state index in [1.807, 2.05) is 31.4 Å². The molecule has 2 aromatic heterocycles. The maximum absolute atomic E-state index is 14.3. The molecule has 6 nitrogen and oxygen atoms in total. The second-order valence-electron chi connectivity index (χ2n) is 8.36. The van der Waals surface area contributed by atoms with E-state index >= 15 is 0 Å². The summed E-state index contributed by atoms with van der Waals surface area (Å²) in [6, 6.07) is 12.6. The first kappa shape index (κ1) is 20.2. The number of anilines is 1. The van der Waals surface area contributed by atoms with Gasteiger partial charge < -0.3 is 15.2 Å². The standard InChI is InChI=1S/C25H23FN6/c1-15-4-3-5-22-23(15)31(2)25(30-22)21-13-29-12-20(24(21)32-7-6-19(28)14-32)17-8-16(11-27)9-18(26)10-17/h3-5,8-10,12-13,19H,6-7,14,28H2,1-2H3/t19-/m0/s1. The van der Waals surface area contributed by atoms with E-state index in [1.165, 1.54) is 12.1 Å². The minimum absolute atomic E-state index is 0.0636. The number of aryl methyl sites for hydroxylation is 2. The fraction of sp³-hybridized carbons (Fsp3) is 0.240. The van der Waals surface area contributed by atoms with Crippen molar-refractivity contribution in [3.63, 3.8) is 0 Å². The van der Waals surface area contributed by atoms with Crippen molar-refractivity contribution < 1.29 is 4.39 Å². The van der Waals surface area contributed by atoms with E-state index < -0.39 is 5.82 Å². The Morgan fingerprint density at radius 1 is 1.19 bits per heavy atom. The average molecular weight is 426 g/mol. The SMILES string of the molecule is Cc1cccc2nc(-c3cncc(-c4cc(F)cc(C#N)c4)c3N3CC[C@H](N)C3)n(C)c12. The highest BCUT2D eigenvalue weighted by Gasteiger charge is 2.27. The second kappa shape index (κ2) is 7.74. The van der Waals surface area contributed by atoms with E-state index in [0.717, 1.165) is 52.2 Å². The Labute approximate surface area is 185 Å². The van der Waals surface area contributed by atoms with Crippen molar-refractivity contribution in [3.05, 3.63) is 65.7 Å². The van der Waals surface area contributed by atoms with E-state index in [9.17, 15) is 9.65 Å². The van der Waals surface area contributed by atoms with E-state index in [1.54, 1.807) is 12.3 Å². The Hall–Kier alpha value is -3.76. The molecule has 4 aromatic rings. The van der Waals surface area contributed by atoms with Gasteiger partial charge in [-0.3, -0.25) is 4.98 Å². The summed E-state index contributed by atoms with van der Waals surface area (Å²) >= 11 is 0. The molecule has 7 heteroatoms. The van der Waals surface area contributed by atoms with Crippen molar-refractivity contribution in [2.24, 2.45) is 12.8 Å². The van der Waals surface area contributed by atoms with Crippen LogP contribution in [0.4, 0.5) is 10.1 Å². The van der Waals surface area contributed by atoms with Gasteiger partial charge in [-0.1, -0.05) is 12.1 Å². The van der Waals surface area contributed by atoms with Gasteiger partial charge in [-0.2, -0.15) is 5.26 Å². The quantitative estimate of drug-likeness (QED) is 0.532. The lowest BCUT2D eigenvalue weighted by atomic mass is 9.99. The zero-order valence-corrected chi connectivity index (χ0v) is 18.0. The maximum atomic E-state index is 14.3. The highest BCUT2D eigenvalue weighted by molar-refractivity contribution is 5.92. The molecule has 32 heavy (non-hydrogen) atoms. The molecule has 0 bridgehead atoms. The predicted molar refractivity (Wildman–Crippen MR) is 124 cm³/mol. The molecular weight excluding hydrogens is 403 g/mol. The monoisotopic (exact) mass is 426 g/mol. The predicted octanol–water partition coefficient (Wildman–Crippen LogP) is 4.16. The van der Waals surface area contributed by atoms with Gasteiger partial charge in [0.05, 0.1) is 33.9 Å². The van der Waals surface area contributed by atoms with Crippen LogP contribution in [0.2, 0.25) is 0 Å². The summed E-state index contributed by atoms with van der Waals surface area (Å²) in [4.78, 5) is 11.6. The number of nitriles is 1. The minimum Gasteiger partial charge on any atom is -0.369 e. The van der Waals surface area contributed by atoms with Crippen molar-refractivity contribution >= 4 is 16.7 Å². The zero-order valence-electron chi connectivity index (χ0n) is 18.0. The van der Waals surface area contributed by atoms with Crippen LogP contribution in [0.25, 0.3) is 33.5 Å². The molecule has 5 rings (SSSR count). The van der Waals surface area contributed by atoms with E-state index in [0.29, 0.717) is 12.1 Å². The third-order valence-corrected chi connectivity index (χ3v) is 6.13. The maximum Gasteiger partial charge on any atom is 0.144 e. The number of hydrogen-bond donors (Lipinski definition) is 1. The average Bonchev–Trinajstić information content (AvgIpc) is 3.36. The highest BCUT2D eigenvalue weighted by atomic mass is 19.1. The van der Waals surface area contributed by atoms with Gasteiger partial charge >= 0.3 is 0 Å². The zero-order chi connectivity index (χ0) is 22.4. The van der Waals surface area contributed by atoms with Crippen LogP contribution in [0.3, 0.4) is 0 Å². The summed E-state index contributed by atoms with van der Waals surface area (Å²) in [5, 5.41) is 9.35. The fourth-order valence-corrected chi connectivity index (χ4v) is 4.68. The fourth-order valence-electron chi connectivity index (χ4n) is 4.68.